The standard InChI is InChI=1S/C94H175N15O31/c1-125-44-19-8-7-14-34-96-86(116)65-77(29-33-85(115)106-76(26-30-82(112)102-41-52-133-57-62-138-73-92(122)98-36-16-10-21-46-127-3)66-87(117)105-69-80(110)71-136-60-55-132-51-40-101-81(111)25-13-24-49-130-6)107-88(118)67-78(27-31-83(113)103-42-53-134-58-63-139-74-93(123)99-37-17-11-22-47-128-4)108-89(119)68-79(28-32-84(114)104-43-54-135-59-64-140-75-94(124)100-38-18-12-23-48-129-5)109-90(120)70-95-39-50-131-56-61-137-72-91(121)97-35-15-9-20-45-126-2/h76-79,95H,7-75H2,1-6H3,(H,96,116)(H,97,121)(H,98,122)(H,99,123)(H,100,124)(H,101,111)(H,102,112)(H,103,113)(H,104,114)(H,105,117)(H,106,115)(H,107,118)(H,108,119)(H,109,120). The fourth-order valence-corrected chi connectivity index (χ4v) is 13.0. The molecule has 0 heterocycles. The van der Waals surface area contributed by atoms with Gasteiger partial charge in [-0.1, -0.05) is 12.8 Å². The first-order chi connectivity index (χ1) is 68.0. The summed E-state index contributed by atoms with van der Waals surface area (Å²) in [6.07, 6.45) is 12.2. The van der Waals surface area contributed by atoms with Gasteiger partial charge in [0.1, 0.15) is 33.0 Å². The van der Waals surface area contributed by atoms with Crippen molar-refractivity contribution in [3.8, 4) is 0 Å². The Balaban J connectivity index is 6.93. The van der Waals surface area contributed by atoms with Gasteiger partial charge in [0, 0.05) is 230 Å². The molecule has 4 unspecified atom stereocenters. The van der Waals surface area contributed by atoms with Crippen LogP contribution in [0.4, 0.5) is 0 Å². The lowest BCUT2D eigenvalue weighted by atomic mass is 10.0. The summed E-state index contributed by atoms with van der Waals surface area (Å²) in [6, 6.07) is -4.14. The Kier molecular flexibility index (Phi) is 93.3. The summed E-state index contributed by atoms with van der Waals surface area (Å²) in [5, 5.41) is 42.1. The van der Waals surface area contributed by atoms with Gasteiger partial charge in [-0.05, 0) is 128 Å². The Morgan fingerprint density at radius 3 is 0.743 bits per heavy atom. The maximum atomic E-state index is 14.6. The number of ether oxygens (including phenoxy) is 16. The molecular formula is C94H175N15O31. The Bertz CT molecular complexity index is 3200. The van der Waals surface area contributed by atoms with Crippen LogP contribution in [0.2, 0.25) is 0 Å². The van der Waals surface area contributed by atoms with Crippen molar-refractivity contribution in [2.75, 3.05) is 293 Å². The second-order valence-electron chi connectivity index (χ2n) is 33.1. The van der Waals surface area contributed by atoms with E-state index >= 15 is 0 Å². The monoisotopic (exact) mass is 2010 g/mol. The van der Waals surface area contributed by atoms with Crippen molar-refractivity contribution in [3.63, 3.8) is 0 Å². The molecule has 0 aromatic heterocycles. The molecule has 0 saturated carbocycles. The number of carbonyl (C=O) groups excluding carboxylic acids is 15. The Morgan fingerprint density at radius 1 is 0.179 bits per heavy atom. The minimum absolute atomic E-state index is 0.0402. The summed E-state index contributed by atoms with van der Waals surface area (Å²) in [4.78, 5) is 199. The summed E-state index contributed by atoms with van der Waals surface area (Å²) in [7, 11) is 9.74. The largest absolute Gasteiger partial charge is 0.385 e. The van der Waals surface area contributed by atoms with Gasteiger partial charge in [0.2, 0.25) is 82.7 Å². The van der Waals surface area contributed by atoms with E-state index in [0.29, 0.717) is 85.1 Å². The zero-order chi connectivity index (χ0) is 103. The second-order valence-corrected chi connectivity index (χ2v) is 33.1. The van der Waals surface area contributed by atoms with E-state index in [0.717, 1.165) is 103 Å². The SMILES string of the molecule is COCCCCCCNC(=O)CC(CCC(=O)NC(CCC(=O)NCCOCCOCC(=O)NCCCCCOC)CC(=O)NCC(=O)COCCOCCNC(=O)CCCCOC)NC(=O)CC(CCC(=O)NCCOCCOCC(=O)NCCCCCOC)NC(=O)CC(CCC(=O)NCCOCCOCC(=O)NCCCCCOC)NC(=O)CNCCOCCOCC(=O)NCCCCCOC. The molecule has 0 radical (unpaired) electrons. The highest BCUT2D eigenvalue weighted by molar-refractivity contribution is 5.88. The van der Waals surface area contributed by atoms with E-state index in [-0.39, 0.29) is 265 Å². The van der Waals surface area contributed by atoms with Gasteiger partial charge < -0.3 is 156 Å². The highest BCUT2D eigenvalue weighted by Gasteiger charge is 2.27. The minimum atomic E-state index is -1.10. The number of methoxy groups -OCH3 is 6. The van der Waals surface area contributed by atoms with Gasteiger partial charge in [-0.2, -0.15) is 0 Å². The van der Waals surface area contributed by atoms with Crippen LogP contribution in [0.15, 0.2) is 0 Å². The average molecular weight is 2010 g/mol. The number of Topliss-reactive ketones (excluding diaryl/α,β-unsaturated/α-hetero) is 1. The maximum absolute atomic E-state index is 14.6. The molecule has 0 spiro atoms. The van der Waals surface area contributed by atoms with Crippen LogP contribution in [0.1, 0.15) is 199 Å². The zero-order valence-electron chi connectivity index (χ0n) is 84.8. The molecular weight excluding hydrogens is 1840 g/mol. The number of hydrogen-bond acceptors (Lipinski definition) is 32. The van der Waals surface area contributed by atoms with Gasteiger partial charge in [0.05, 0.1) is 112 Å². The van der Waals surface area contributed by atoms with E-state index in [2.05, 4.69) is 79.8 Å². The third-order valence-corrected chi connectivity index (χ3v) is 20.6. The molecule has 0 fully saturated rings. The topological polar surface area (TPSA) is 584 Å². The predicted molar refractivity (Wildman–Crippen MR) is 518 cm³/mol. The third kappa shape index (κ3) is 93.2. The lowest BCUT2D eigenvalue weighted by Gasteiger charge is -2.24. The minimum Gasteiger partial charge on any atom is -0.385 e. The van der Waals surface area contributed by atoms with Crippen LogP contribution in [0.3, 0.4) is 0 Å². The fourth-order valence-electron chi connectivity index (χ4n) is 13.0. The van der Waals surface area contributed by atoms with Crippen molar-refractivity contribution < 1.29 is 148 Å². The molecule has 14 amide bonds. The van der Waals surface area contributed by atoms with E-state index in [4.69, 9.17) is 75.8 Å². The number of ketones is 1. The first-order valence-electron chi connectivity index (χ1n) is 49.8. The van der Waals surface area contributed by atoms with Crippen molar-refractivity contribution in [2.24, 2.45) is 0 Å². The van der Waals surface area contributed by atoms with Crippen molar-refractivity contribution >= 4 is 88.5 Å². The second kappa shape index (κ2) is 99.3. The normalized spacial score (nSPS) is 12.0. The first kappa shape index (κ1) is 132. The number of rotatable bonds is 104. The molecule has 0 aromatic carbocycles. The predicted octanol–water partition coefficient (Wildman–Crippen LogP) is -0.616. The van der Waals surface area contributed by atoms with Crippen LogP contribution < -0.4 is 79.8 Å². The van der Waals surface area contributed by atoms with E-state index in [1.54, 1.807) is 42.7 Å². The first-order valence-corrected chi connectivity index (χ1v) is 49.8. The van der Waals surface area contributed by atoms with Crippen LogP contribution in [0, 0.1) is 0 Å². The molecule has 0 aliphatic heterocycles. The molecule has 0 aromatic rings. The van der Waals surface area contributed by atoms with Crippen molar-refractivity contribution in [1.29, 1.82) is 0 Å². The average Bonchev–Trinajstić information content (AvgIpc) is 0.899. The molecule has 0 bridgehead atoms. The molecule has 0 rings (SSSR count). The van der Waals surface area contributed by atoms with Gasteiger partial charge in [0.15, 0.2) is 5.78 Å². The van der Waals surface area contributed by atoms with E-state index in [1.807, 2.05) is 0 Å². The third-order valence-electron chi connectivity index (χ3n) is 20.6. The van der Waals surface area contributed by atoms with E-state index in [1.165, 1.54) is 0 Å². The molecule has 46 nitrogen and oxygen atoms in total. The van der Waals surface area contributed by atoms with Crippen molar-refractivity contribution in [2.45, 2.75) is 223 Å². The highest BCUT2D eigenvalue weighted by atomic mass is 16.6. The molecule has 15 N–H and O–H groups in total. The molecule has 0 saturated heterocycles. The zero-order valence-corrected chi connectivity index (χ0v) is 84.8. The Morgan fingerprint density at radius 2 is 0.414 bits per heavy atom. The van der Waals surface area contributed by atoms with Gasteiger partial charge >= 0.3 is 0 Å². The number of carbonyl (C=O) groups is 15. The van der Waals surface area contributed by atoms with E-state index < -0.39 is 109 Å². The molecule has 812 valence electrons. The molecule has 140 heavy (non-hydrogen) atoms. The smallest absolute Gasteiger partial charge is 0.245 e. The van der Waals surface area contributed by atoms with Crippen LogP contribution in [0.5, 0.6) is 0 Å². The summed E-state index contributed by atoms with van der Waals surface area (Å²) in [5.74, 6) is -6.73. The molecule has 0 aliphatic rings. The van der Waals surface area contributed by atoms with Gasteiger partial charge in [0.25, 0.3) is 0 Å². The van der Waals surface area contributed by atoms with Crippen LogP contribution in [-0.4, -0.2) is 406 Å². The summed E-state index contributed by atoms with van der Waals surface area (Å²) < 4.78 is 85.6. The van der Waals surface area contributed by atoms with Crippen LogP contribution in [0.25, 0.3) is 0 Å². The number of hydrogen-bond donors (Lipinski definition) is 15. The number of amides is 14. The Hall–Kier alpha value is -8.43. The van der Waals surface area contributed by atoms with Crippen LogP contribution >= 0.6 is 0 Å². The summed E-state index contributed by atoms with van der Waals surface area (Å²) in [6.45, 7) is 6.87. The molecule has 4 atom stereocenters. The van der Waals surface area contributed by atoms with Crippen LogP contribution in [-0.2, 0) is 148 Å². The Labute approximate surface area is 828 Å². The van der Waals surface area contributed by atoms with Crippen molar-refractivity contribution in [1.82, 2.24) is 79.8 Å². The van der Waals surface area contributed by atoms with Gasteiger partial charge in [-0.3, -0.25) is 71.9 Å². The number of nitrogens with one attached hydrogen (secondary N) is 15. The molecule has 0 aliphatic carbocycles. The van der Waals surface area contributed by atoms with Crippen molar-refractivity contribution in [3.05, 3.63) is 0 Å². The highest BCUT2D eigenvalue weighted by Crippen LogP contribution is 2.13. The number of unbranched alkanes of at least 4 members (excludes halogenated alkanes) is 12. The van der Waals surface area contributed by atoms with E-state index in [9.17, 15) is 71.9 Å². The lowest BCUT2D eigenvalue weighted by Crippen LogP contribution is -2.47. The van der Waals surface area contributed by atoms with Gasteiger partial charge in [-0.25, -0.2) is 0 Å². The molecule has 46 heteroatoms. The lowest BCUT2D eigenvalue weighted by molar-refractivity contribution is -0.129. The maximum Gasteiger partial charge on any atom is 0.245 e. The fraction of sp³-hybridized carbons (Fsp3) is 0.840. The van der Waals surface area contributed by atoms with Gasteiger partial charge in [-0.15, -0.1) is 0 Å². The quantitative estimate of drug-likeness (QED) is 0.0338. The summed E-state index contributed by atoms with van der Waals surface area (Å²) in [5.41, 5.74) is 0. The summed E-state index contributed by atoms with van der Waals surface area (Å²) >= 11 is 0.